The molecule has 4 N–H and O–H groups in total. The third-order valence-corrected chi connectivity index (χ3v) is 2.99. The Bertz CT molecular complexity index is 591. The number of nitrogens with one attached hydrogen (secondary N) is 2. The molecule has 1 aromatic carbocycles. The fraction of sp³-hybridized carbons (Fsp3) is 0.286. The fourth-order valence-electron chi connectivity index (χ4n) is 1.96. The molecule has 0 amide bonds. The topological polar surface area (TPSA) is 94.3 Å². The van der Waals surface area contributed by atoms with Gasteiger partial charge in [-0.05, 0) is 18.1 Å². The van der Waals surface area contributed by atoms with Crippen LogP contribution in [0, 0.1) is 0 Å². The van der Waals surface area contributed by atoms with E-state index in [-0.39, 0.29) is 0 Å². The maximum atomic E-state index is 5.42. The molecule has 2 rings (SSSR count). The molecular formula is C14H19N5O2. The average Bonchev–Trinajstić information content (AvgIpc) is 2.53. The lowest BCUT2D eigenvalue weighted by Crippen LogP contribution is -2.12. The molecular weight excluding hydrogens is 270 g/mol. The second kappa shape index (κ2) is 7.41. The van der Waals surface area contributed by atoms with Gasteiger partial charge in [0.05, 0.1) is 13.7 Å². The van der Waals surface area contributed by atoms with Crippen molar-refractivity contribution in [1.29, 1.82) is 0 Å². The molecule has 0 aliphatic carbocycles. The van der Waals surface area contributed by atoms with Gasteiger partial charge in [0.25, 0.3) is 0 Å². The number of aromatic nitrogens is 2. The number of methoxy groups -OCH3 is 2. The van der Waals surface area contributed by atoms with Gasteiger partial charge in [-0.1, -0.05) is 18.2 Å². The molecule has 0 saturated carbocycles. The molecule has 0 radical (unpaired) electrons. The average molecular weight is 289 g/mol. The lowest BCUT2D eigenvalue weighted by molar-refractivity contribution is 0.202. The highest BCUT2D eigenvalue weighted by molar-refractivity contribution is 5.70. The zero-order valence-corrected chi connectivity index (χ0v) is 12.1. The van der Waals surface area contributed by atoms with Crippen LogP contribution >= 0.6 is 0 Å². The molecule has 0 aliphatic heterocycles. The molecule has 0 bridgehead atoms. The molecule has 0 atom stereocenters. The Morgan fingerprint density at radius 1 is 1.14 bits per heavy atom. The van der Waals surface area contributed by atoms with Crippen molar-refractivity contribution in [3.05, 3.63) is 36.2 Å². The molecule has 112 valence electrons. The van der Waals surface area contributed by atoms with Crippen molar-refractivity contribution >= 4 is 17.3 Å². The van der Waals surface area contributed by atoms with E-state index in [0.29, 0.717) is 24.0 Å². The van der Waals surface area contributed by atoms with Gasteiger partial charge in [-0.3, -0.25) is 0 Å². The normalized spacial score (nSPS) is 10.2. The van der Waals surface area contributed by atoms with E-state index in [1.165, 1.54) is 6.33 Å². The van der Waals surface area contributed by atoms with E-state index in [1.54, 1.807) is 14.2 Å². The summed E-state index contributed by atoms with van der Waals surface area (Å²) < 4.78 is 10.4. The van der Waals surface area contributed by atoms with Gasteiger partial charge in [0.1, 0.15) is 6.33 Å². The Kier molecular flexibility index (Phi) is 5.30. The van der Waals surface area contributed by atoms with Gasteiger partial charge in [0.2, 0.25) is 5.75 Å². The number of anilines is 3. The maximum absolute atomic E-state index is 5.42. The summed E-state index contributed by atoms with van der Waals surface area (Å²) in [4.78, 5) is 8.21. The zero-order chi connectivity index (χ0) is 15.1. The largest absolute Gasteiger partial charge is 0.490 e. The number of para-hydroxylation sites is 1. The highest BCUT2D eigenvalue weighted by Crippen LogP contribution is 2.31. The smallest absolute Gasteiger partial charge is 0.205 e. The minimum absolute atomic E-state index is 0.421. The summed E-state index contributed by atoms with van der Waals surface area (Å²) in [6, 6.07) is 7.95. The minimum atomic E-state index is 0.421. The lowest BCUT2D eigenvalue weighted by atomic mass is 10.1. The summed E-state index contributed by atoms with van der Waals surface area (Å²) >= 11 is 0. The second-order valence-corrected chi connectivity index (χ2v) is 4.27. The SMILES string of the molecule is COCCc1ccccc1Nc1ncnc(NN)c1OC. The van der Waals surface area contributed by atoms with E-state index in [0.717, 1.165) is 17.7 Å². The first-order chi connectivity index (χ1) is 10.3. The van der Waals surface area contributed by atoms with Crippen LogP contribution in [0.25, 0.3) is 0 Å². The summed E-state index contributed by atoms with van der Waals surface area (Å²) in [5, 5.41) is 3.25. The quantitative estimate of drug-likeness (QED) is 0.527. The van der Waals surface area contributed by atoms with Crippen LogP contribution in [0.4, 0.5) is 17.3 Å². The van der Waals surface area contributed by atoms with Crippen LogP contribution in [-0.4, -0.2) is 30.8 Å². The van der Waals surface area contributed by atoms with Crippen LogP contribution in [0.15, 0.2) is 30.6 Å². The number of hydrogen-bond acceptors (Lipinski definition) is 7. The Balaban J connectivity index is 2.30. The van der Waals surface area contributed by atoms with E-state index < -0.39 is 0 Å². The second-order valence-electron chi connectivity index (χ2n) is 4.27. The molecule has 0 aliphatic rings. The van der Waals surface area contributed by atoms with Crippen molar-refractivity contribution in [2.45, 2.75) is 6.42 Å². The number of rotatable bonds is 7. The summed E-state index contributed by atoms with van der Waals surface area (Å²) in [7, 11) is 3.23. The van der Waals surface area contributed by atoms with Crippen molar-refractivity contribution in [3.8, 4) is 5.75 Å². The Morgan fingerprint density at radius 2 is 1.90 bits per heavy atom. The highest BCUT2D eigenvalue weighted by Gasteiger charge is 2.12. The molecule has 0 spiro atoms. The summed E-state index contributed by atoms with van der Waals surface area (Å²) in [5.41, 5.74) is 4.55. The van der Waals surface area contributed by atoms with Crippen molar-refractivity contribution in [1.82, 2.24) is 9.97 Å². The number of nitrogens with zero attached hydrogens (tertiary/aromatic N) is 2. The van der Waals surface area contributed by atoms with E-state index >= 15 is 0 Å². The monoisotopic (exact) mass is 289 g/mol. The molecule has 0 unspecified atom stereocenters. The van der Waals surface area contributed by atoms with Crippen LogP contribution in [0.3, 0.4) is 0 Å². The number of nitrogens with two attached hydrogens (primary N) is 1. The predicted molar refractivity (Wildman–Crippen MR) is 81.7 cm³/mol. The molecule has 7 heteroatoms. The molecule has 2 aromatic rings. The Morgan fingerprint density at radius 3 is 2.62 bits per heavy atom. The number of benzene rings is 1. The first kappa shape index (κ1) is 15.0. The predicted octanol–water partition coefficient (Wildman–Crippen LogP) is 1.70. The van der Waals surface area contributed by atoms with Crippen molar-refractivity contribution in [2.75, 3.05) is 31.6 Å². The van der Waals surface area contributed by atoms with Crippen molar-refractivity contribution in [3.63, 3.8) is 0 Å². The summed E-state index contributed by atoms with van der Waals surface area (Å²) in [6.45, 7) is 0.648. The van der Waals surface area contributed by atoms with E-state index in [1.807, 2.05) is 24.3 Å². The van der Waals surface area contributed by atoms with Gasteiger partial charge < -0.3 is 20.2 Å². The third kappa shape index (κ3) is 3.59. The number of hydrazine groups is 1. The lowest BCUT2D eigenvalue weighted by Gasteiger charge is -2.15. The first-order valence-corrected chi connectivity index (χ1v) is 6.49. The van der Waals surface area contributed by atoms with Crippen LogP contribution in [0.2, 0.25) is 0 Å². The zero-order valence-electron chi connectivity index (χ0n) is 12.1. The first-order valence-electron chi connectivity index (χ1n) is 6.49. The molecule has 7 nitrogen and oxygen atoms in total. The van der Waals surface area contributed by atoms with E-state index in [2.05, 4.69) is 20.7 Å². The summed E-state index contributed by atoms with van der Waals surface area (Å²) in [6.07, 6.45) is 2.22. The van der Waals surface area contributed by atoms with Gasteiger partial charge in [-0.2, -0.15) is 0 Å². The van der Waals surface area contributed by atoms with E-state index in [4.69, 9.17) is 15.3 Å². The van der Waals surface area contributed by atoms with Crippen molar-refractivity contribution in [2.24, 2.45) is 5.84 Å². The van der Waals surface area contributed by atoms with Gasteiger partial charge in [0.15, 0.2) is 11.6 Å². The minimum Gasteiger partial charge on any atom is -0.490 e. The number of hydrogen-bond donors (Lipinski definition) is 3. The van der Waals surface area contributed by atoms with Gasteiger partial charge in [-0.15, -0.1) is 0 Å². The highest BCUT2D eigenvalue weighted by atomic mass is 16.5. The fourth-order valence-corrected chi connectivity index (χ4v) is 1.96. The van der Waals surface area contributed by atoms with Crippen LogP contribution < -0.4 is 21.3 Å². The molecule has 0 fully saturated rings. The maximum Gasteiger partial charge on any atom is 0.205 e. The van der Waals surface area contributed by atoms with Crippen molar-refractivity contribution < 1.29 is 9.47 Å². The Hall–Kier alpha value is -2.38. The van der Waals surface area contributed by atoms with Crippen LogP contribution in [0.1, 0.15) is 5.56 Å². The van der Waals surface area contributed by atoms with Gasteiger partial charge in [0, 0.05) is 12.8 Å². The van der Waals surface area contributed by atoms with Crippen LogP contribution in [-0.2, 0) is 11.2 Å². The standard InChI is InChI=1S/C14H19N5O2/c1-20-8-7-10-5-3-4-6-11(10)18-13-12(21-2)14(19-15)17-9-16-13/h3-6,9H,7-8,15H2,1-2H3,(H2,16,17,18,19). The number of ether oxygens (including phenoxy) is 2. The molecule has 21 heavy (non-hydrogen) atoms. The molecule has 1 aromatic heterocycles. The van der Waals surface area contributed by atoms with Gasteiger partial charge >= 0.3 is 0 Å². The summed E-state index contributed by atoms with van der Waals surface area (Å²) in [5.74, 6) is 6.85. The number of nitrogen functional groups attached to an aromatic ring is 1. The Labute approximate surface area is 123 Å². The van der Waals surface area contributed by atoms with E-state index in [9.17, 15) is 0 Å². The molecule has 1 heterocycles. The van der Waals surface area contributed by atoms with Crippen LogP contribution in [0.5, 0.6) is 5.75 Å². The molecule has 0 saturated heterocycles. The van der Waals surface area contributed by atoms with Gasteiger partial charge in [-0.25, -0.2) is 15.8 Å². The third-order valence-electron chi connectivity index (χ3n) is 2.99.